The van der Waals surface area contributed by atoms with Gasteiger partial charge in [-0.25, -0.2) is 13.8 Å². The van der Waals surface area contributed by atoms with E-state index in [1.807, 2.05) is 25.1 Å². The van der Waals surface area contributed by atoms with Crippen molar-refractivity contribution in [2.45, 2.75) is 25.8 Å². The molecule has 3 rings (SSSR count). The number of carboxylic acid groups (broad SMARTS) is 1. The van der Waals surface area contributed by atoms with Gasteiger partial charge in [0.25, 0.3) is 5.92 Å². The van der Waals surface area contributed by atoms with Gasteiger partial charge < -0.3 is 5.11 Å². The number of aryl methyl sites for hydroxylation is 1. The fourth-order valence-electron chi connectivity index (χ4n) is 2.92. The molecule has 0 bridgehead atoms. The highest BCUT2D eigenvalue weighted by Crippen LogP contribution is 2.32. The van der Waals surface area contributed by atoms with Crippen molar-refractivity contribution in [3.05, 3.63) is 28.8 Å². The smallest absolute Gasteiger partial charge is 0.308 e. The van der Waals surface area contributed by atoms with Crippen LogP contribution < -0.4 is 0 Å². The first-order valence-electron chi connectivity index (χ1n) is 7.01. The van der Waals surface area contributed by atoms with E-state index in [0.717, 1.165) is 20.8 Å². The molecule has 22 heavy (non-hydrogen) atoms. The van der Waals surface area contributed by atoms with Crippen molar-refractivity contribution in [1.82, 2.24) is 9.88 Å². The number of rotatable bonds is 3. The highest BCUT2D eigenvalue weighted by atomic mass is 32.1. The lowest BCUT2D eigenvalue weighted by atomic mass is 9.95. The predicted molar refractivity (Wildman–Crippen MR) is 80.3 cm³/mol. The van der Waals surface area contributed by atoms with E-state index in [4.69, 9.17) is 5.11 Å². The van der Waals surface area contributed by atoms with E-state index in [0.29, 0.717) is 6.54 Å². The van der Waals surface area contributed by atoms with Gasteiger partial charge in [0.15, 0.2) is 0 Å². The van der Waals surface area contributed by atoms with E-state index in [2.05, 4.69) is 4.98 Å². The number of piperidine rings is 1. The van der Waals surface area contributed by atoms with Crippen molar-refractivity contribution in [3.63, 3.8) is 0 Å². The lowest BCUT2D eigenvalue weighted by Gasteiger charge is -2.35. The number of likely N-dealkylation sites (tertiary alicyclic amines) is 1. The Morgan fingerprint density at radius 2 is 2.32 bits per heavy atom. The summed E-state index contributed by atoms with van der Waals surface area (Å²) in [6.07, 6.45) is -0.577. The number of alkyl halides is 2. The van der Waals surface area contributed by atoms with Crippen LogP contribution in [0.5, 0.6) is 0 Å². The van der Waals surface area contributed by atoms with E-state index in [9.17, 15) is 13.6 Å². The zero-order valence-corrected chi connectivity index (χ0v) is 12.9. The fourth-order valence-corrected chi connectivity index (χ4v) is 3.81. The van der Waals surface area contributed by atoms with Crippen LogP contribution in [0.25, 0.3) is 10.2 Å². The lowest BCUT2D eigenvalue weighted by molar-refractivity contribution is -0.153. The van der Waals surface area contributed by atoms with Gasteiger partial charge in [0, 0.05) is 19.5 Å². The lowest BCUT2D eigenvalue weighted by Crippen LogP contribution is -2.48. The zero-order valence-electron chi connectivity index (χ0n) is 12.1. The van der Waals surface area contributed by atoms with Gasteiger partial charge in [-0.15, -0.1) is 11.3 Å². The summed E-state index contributed by atoms with van der Waals surface area (Å²) < 4.78 is 28.4. The first-order valence-corrected chi connectivity index (χ1v) is 7.83. The monoisotopic (exact) mass is 326 g/mol. The zero-order chi connectivity index (χ0) is 15.9. The second-order valence-electron chi connectivity index (χ2n) is 5.80. The van der Waals surface area contributed by atoms with Crippen molar-refractivity contribution in [1.29, 1.82) is 0 Å². The van der Waals surface area contributed by atoms with E-state index >= 15 is 0 Å². The molecule has 2 aromatic rings. The maximum Gasteiger partial charge on any atom is 0.308 e. The van der Waals surface area contributed by atoms with Crippen LogP contribution in [0.15, 0.2) is 18.2 Å². The van der Waals surface area contributed by atoms with Crippen LogP contribution in [0.1, 0.15) is 17.0 Å². The number of fused-ring (bicyclic) bond motifs is 1. The third-order valence-electron chi connectivity index (χ3n) is 3.79. The largest absolute Gasteiger partial charge is 0.481 e. The molecule has 1 aromatic heterocycles. The molecule has 1 aliphatic rings. The summed E-state index contributed by atoms with van der Waals surface area (Å²) in [4.78, 5) is 16.9. The summed E-state index contributed by atoms with van der Waals surface area (Å²) in [5.41, 5.74) is 1.80. The molecule has 0 spiro atoms. The third kappa shape index (κ3) is 3.25. The van der Waals surface area contributed by atoms with E-state index in [-0.39, 0.29) is 6.54 Å². The molecule has 1 aromatic carbocycles. The Hall–Kier alpha value is -1.60. The Morgan fingerprint density at radius 3 is 3.05 bits per heavy atom. The Morgan fingerprint density at radius 1 is 1.55 bits per heavy atom. The summed E-state index contributed by atoms with van der Waals surface area (Å²) in [7, 11) is 0. The van der Waals surface area contributed by atoms with E-state index in [1.165, 1.54) is 4.90 Å². The Balaban J connectivity index is 1.79. The average molecular weight is 326 g/mol. The summed E-state index contributed by atoms with van der Waals surface area (Å²) in [5.74, 6) is -5.12. The van der Waals surface area contributed by atoms with Gasteiger partial charge >= 0.3 is 5.97 Å². The molecule has 1 aliphatic heterocycles. The van der Waals surface area contributed by atoms with Gasteiger partial charge in [0.05, 0.1) is 27.7 Å². The van der Waals surface area contributed by atoms with Crippen LogP contribution in [0.3, 0.4) is 0 Å². The molecule has 4 nitrogen and oxygen atoms in total. The maximum absolute atomic E-state index is 13.7. The minimum atomic E-state index is -2.95. The van der Waals surface area contributed by atoms with Crippen molar-refractivity contribution in [2.75, 3.05) is 13.1 Å². The molecule has 1 N–H and O–H groups in total. The first-order chi connectivity index (χ1) is 10.3. The Labute approximate surface area is 130 Å². The number of thiazole rings is 1. The van der Waals surface area contributed by atoms with Crippen LogP contribution in [-0.2, 0) is 11.3 Å². The number of benzene rings is 1. The van der Waals surface area contributed by atoms with Crippen molar-refractivity contribution >= 4 is 27.5 Å². The summed E-state index contributed by atoms with van der Waals surface area (Å²) in [6, 6.07) is 5.69. The molecular weight excluding hydrogens is 310 g/mol. The molecule has 2 heterocycles. The number of carboxylic acids is 1. The quantitative estimate of drug-likeness (QED) is 0.941. The van der Waals surface area contributed by atoms with E-state index < -0.39 is 30.8 Å². The molecule has 0 saturated carbocycles. The highest BCUT2D eigenvalue weighted by Gasteiger charge is 2.42. The molecule has 0 radical (unpaired) electrons. The molecule has 1 fully saturated rings. The summed E-state index contributed by atoms with van der Waals surface area (Å²) >= 11 is 1.56. The minimum absolute atomic E-state index is 0.157. The van der Waals surface area contributed by atoms with Gasteiger partial charge in [-0.1, -0.05) is 6.07 Å². The average Bonchev–Trinajstić information content (AvgIpc) is 2.76. The fraction of sp³-hybridized carbons (Fsp3) is 0.467. The summed E-state index contributed by atoms with van der Waals surface area (Å²) in [5, 5.41) is 9.99. The number of hydrogen-bond donors (Lipinski definition) is 1. The molecule has 0 amide bonds. The number of carbonyl (C=O) groups is 1. The Kier molecular flexibility index (Phi) is 3.86. The maximum atomic E-state index is 13.7. The second kappa shape index (κ2) is 5.55. The van der Waals surface area contributed by atoms with Gasteiger partial charge in [-0.05, 0) is 24.6 Å². The molecular formula is C15H16F2N2O2S. The molecule has 1 unspecified atom stereocenters. The van der Waals surface area contributed by atoms with Crippen LogP contribution in [-0.4, -0.2) is 40.0 Å². The topological polar surface area (TPSA) is 53.4 Å². The molecule has 7 heteroatoms. The molecule has 118 valence electrons. The SMILES string of the molecule is Cc1nc2ccc(CN3CC(C(=O)O)CC(F)(F)C3)cc2s1. The van der Waals surface area contributed by atoms with E-state index in [1.54, 1.807) is 11.3 Å². The van der Waals surface area contributed by atoms with Crippen LogP contribution in [0.4, 0.5) is 8.78 Å². The van der Waals surface area contributed by atoms with Crippen molar-refractivity contribution in [2.24, 2.45) is 5.92 Å². The Bertz CT molecular complexity index is 717. The van der Waals surface area contributed by atoms with Gasteiger partial charge in [0.1, 0.15) is 0 Å². The predicted octanol–water partition coefficient (Wildman–Crippen LogP) is 3.15. The number of halogens is 2. The first kappa shape index (κ1) is 15.3. The standard InChI is InChI=1S/C15H16F2N2O2S/c1-9-18-12-3-2-10(4-13(12)22-9)6-19-7-11(14(20)21)5-15(16,17)8-19/h2-4,11H,5-8H2,1H3,(H,20,21). The van der Waals surface area contributed by atoms with Gasteiger partial charge in [-0.2, -0.15) is 0 Å². The highest BCUT2D eigenvalue weighted by molar-refractivity contribution is 7.18. The third-order valence-corrected chi connectivity index (χ3v) is 4.73. The van der Waals surface area contributed by atoms with Crippen LogP contribution in [0.2, 0.25) is 0 Å². The van der Waals surface area contributed by atoms with Crippen molar-refractivity contribution in [3.8, 4) is 0 Å². The molecule has 1 saturated heterocycles. The summed E-state index contributed by atoms with van der Waals surface area (Å²) in [6.45, 7) is 2.01. The van der Waals surface area contributed by atoms with Gasteiger partial charge in [-0.3, -0.25) is 9.69 Å². The van der Waals surface area contributed by atoms with Crippen molar-refractivity contribution < 1.29 is 18.7 Å². The second-order valence-corrected chi connectivity index (χ2v) is 7.03. The normalized spacial score (nSPS) is 22.0. The molecule has 1 atom stereocenters. The molecule has 0 aliphatic carbocycles. The van der Waals surface area contributed by atoms with Crippen LogP contribution >= 0.6 is 11.3 Å². The minimum Gasteiger partial charge on any atom is -0.481 e. The number of nitrogens with zero attached hydrogens (tertiary/aromatic N) is 2. The van der Waals surface area contributed by atoms with Crippen LogP contribution in [0, 0.1) is 12.8 Å². The number of aromatic nitrogens is 1. The number of hydrogen-bond acceptors (Lipinski definition) is 4. The van der Waals surface area contributed by atoms with Gasteiger partial charge in [0.2, 0.25) is 0 Å². The number of aliphatic carboxylic acids is 1.